The minimum atomic E-state index is -4.34. The Balaban J connectivity index is 1.92. The summed E-state index contributed by atoms with van der Waals surface area (Å²) in [7, 11) is 0. The lowest BCUT2D eigenvalue weighted by atomic mass is 9.92. The van der Waals surface area contributed by atoms with E-state index in [0.29, 0.717) is 5.56 Å². The third-order valence-electron chi connectivity index (χ3n) is 4.80. The number of fused-ring (bicyclic) bond motifs is 2. The summed E-state index contributed by atoms with van der Waals surface area (Å²) in [6, 6.07) is 21.8. The second-order valence-corrected chi connectivity index (χ2v) is 6.50. The largest absolute Gasteiger partial charge is 0.416 e. The maximum atomic E-state index is 13.1. The van der Waals surface area contributed by atoms with Crippen LogP contribution in [0.3, 0.4) is 0 Å². The van der Waals surface area contributed by atoms with Crippen molar-refractivity contribution in [2.75, 3.05) is 0 Å². The molecule has 1 aliphatic carbocycles. The molecule has 0 saturated heterocycles. The lowest BCUT2D eigenvalue weighted by Crippen LogP contribution is -2.04. The highest BCUT2D eigenvalue weighted by molar-refractivity contribution is 5.94. The van der Waals surface area contributed by atoms with Gasteiger partial charge < -0.3 is 0 Å². The van der Waals surface area contributed by atoms with E-state index in [0.717, 1.165) is 35.6 Å². The first-order chi connectivity index (χ1) is 12.5. The molecule has 3 aromatic rings. The Morgan fingerprint density at radius 1 is 0.692 bits per heavy atom. The van der Waals surface area contributed by atoms with E-state index in [9.17, 15) is 13.2 Å². The fraction of sp³-hybridized carbons (Fsp3) is 0.130. The van der Waals surface area contributed by atoms with Crippen molar-refractivity contribution in [1.82, 2.24) is 0 Å². The van der Waals surface area contributed by atoms with Gasteiger partial charge in [-0.25, -0.2) is 0 Å². The average molecular weight is 350 g/mol. The lowest BCUT2D eigenvalue weighted by molar-refractivity contribution is -0.137. The molecule has 0 aliphatic heterocycles. The van der Waals surface area contributed by atoms with Crippen LogP contribution in [0.4, 0.5) is 13.2 Å². The fourth-order valence-electron chi connectivity index (χ4n) is 3.54. The third kappa shape index (κ3) is 3.17. The normalized spacial score (nSPS) is 13.6. The van der Waals surface area contributed by atoms with Crippen LogP contribution in [0.15, 0.2) is 72.8 Å². The second kappa shape index (κ2) is 6.49. The number of benzene rings is 3. The van der Waals surface area contributed by atoms with Gasteiger partial charge in [0.05, 0.1) is 5.56 Å². The molecule has 0 aromatic heterocycles. The zero-order valence-electron chi connectivity index (χ0n) is 14.1. The molecule has 0 nitrogen and oxygen atoms in total. The standard InChI is InChI=1S/C23H17F3/c24-23(25,26)19-9-5-6-16(14-19)15-22-20-10-3-1-7-17(20)12-13-18-8-2-4-11-21(18)22/h1-11,14-15H,12-13H2. The molecule has 4 rings (SSSR count). The molecular weight excluding hydrogens is 333 g/mol. The first-order valence-electron chi connectivity index (χ1n) is 8.58. The van der Waals surface area contributed by atoms with Crippen molar-refractivity contribution >= 4 is 11.6 Å². The summed E-state index contributed by atoms with van der Waals surface area (Å²) >= 11 is 0. The fourth-order valence-corrected chi connectivity index (χ4v) is 3.54. The SMILES string of the molecule is FC(F)(F)c1cccc(C=C2c3ccccc3CCc3ccccc32)c1. The van der Waals surface area contributed by atoms with Crippen LogP contribution >= 0.6 is 0 Å². The summed E-state index contributed by atoms with van der Waals surface area (Å²) in [5.41, 5.74) is 5.55. The number of halogens is 3. The Labute approximate surface area is 150 Å². The van der Waals surface area contributed by atoms with Gasteiger partial charge in [0.25, 0.3) is 0 Å². The van der Waals surface area contributed by atoms with Crippen LogP contribution in [-0.4, -0.2) is 0 Å². The van der Waals surface area contributed by atoms with Crippen LogP contribution in [0.5, 0.6) is 0 Å². The molecule has 0 radical (unpaired) electrons. The summed E-state index contributed by atoms with van der Waals surface area (Å²) in [5, 5.41) is 0. The van der Waals surface area contributed by atoms with Gasteiger partial charge >= 0.3 is 6.18 Å². The molecule has 0 saturated carbocycles. The molecule has 0 heterocycles. The van der Waals surface area contributed by atoms with Crippen LogP contribution in [0, 0.1) is 0 Å². The van der Waals surface area contributed by atoms with Crippen LogP contribution in [0.25, 0.3) is 11.6 Å². The van der Waals surface area contributed by atoms with Crippen molar-refractivity contribution < 1.29 is 13.2 Å². The van der Waals surface area contributed by atoms with E-state index < -0.39 is 11.7 Å². The van der Waals surface area contributed by atoms with Gasteiger partial charge in [-0.1, -0.05) is 60.7 Å². The van der Waals surface area contributed by atoms with E-state index in [4.69, 9.17) is 0 Å². The van der Waals surface area contributed by atoms with Crippen molar-refractivity contribution in [3.05, 3.63) is 106 Å². The van der Waals surface area contributed by atoms with Gasteiger partial charge in [0.15, 0.2) is 0 Å². The van der Waals surface area contributed by atoms with Crippen LogP contribution in [0.1, 0.15) is 33.4 Å². The maximum absolute atomic E-state index is 13.1. The summed E-state index contributed by atoms with van der Waals surface area (Å²) in [4.78, 5) is 0. The molecule has 130 valence electrons. The van der Waals surface area contributed by atoms with Crippen molar-refractivity contribution in [3.63, 3.8) is 0 Å². The summed E-state index contributed by atoms with van der Waals surface area (Å²) in [5.74, 6) is 0. The number of alkyl halides is 3. The van der Waals surface area contributed by atoms with Crippen LogP contribution in [0.2, 0.25) is 0 Å². The Morgan fingerprint density at radius 2 is 1.27 bits per heavy atom. The molecule has 0 N–H and O–H groups in total. The number of rotatable bonds is 1. The molecule has 26 heavy (non-hydrogen) atoms. The zero-order chi connectivity index (χ0) is 18.1. The van der Waals surface area contributed by atoms with Crippen molar-refractivity contribution in [2.45, 2.75) is 19.0 Å². The highest BCUT2D eigenvalue weighted by atomic mass is 19.4. The van der Waals surface area contributed by atoms with E-state index in [2.05, 4.69) is 24.3 Å². The minimum Gasteiger partial charge on any atom is -0.166 e. The lowest BCUT2D eigenvalue weighted by Gasteiger charge is -2.13. The molecule has 1 aliphatic rings. The average Bonchev–Trinajstić information content (AvgIpc) is 2.79. The van der Waals surface area contributed by atoms with E-state index >= 15 is 0 Å². The molecule has 0 amide bonds. The highest BCUT2D eigenvalue weighted by Gasteiger charge is 2.30. The van der Waals surface area contributed by atoms with Gasteiger partial charge in [0.1, 0.15) is 0 Å². The molecule has 0 atom stereocenters. The summed E-state index contributed by atoms with van der Waals surface area (Å²) < 4.78 is 39.2. The van der Waals surface area contributed by atoms with Gasteiger partial charge in [-0.05, 0) is 64.4 Å². The van der Waals surface area contributed by atoms with Crippen molar-refractivity contribution in [1.29, 1.82) is 0 Å². The van der Waals surface area contributed by atoms with Crippen molar-refractivity contribution in [2.24, 2.45) is 0 Å². The first-order valence-corrected chi connectivity index (χ1v) is 8.58. The number of hydrogen-bond acceptors (Lipinski definition) is 0. The predicted octanol–water partition coefficient (Wildman–Crippen LogP) is 6.39. The van der Waals surface area contributed by atoms with Crippen LogP contribution in [-0.2, 0) is 19.0 Å². The van der Waals surface area contributed by atoms with Gasteiger partial charge in [-0.2, -0.15) is 13.2 Å². The number of hydrogen-bond donors (Lipinski definition) is 0. The topological polar surface area (TPSA) is 0 Å². The predicted molar refractivity (Wildman–Crippen MR) is 98.7 cm³/mol. The van der Waals surface area contributed by atoms with E-state index in [1.54, 1.807) is 6.07 Å². The van der Waals surface area contributed by atoms with Gasteiger partial charge in [0.2, 0.25) is 0 Å². The Morgan fingerprint density at radius 3 is 1.85 bits per heavy atom. The van der Waals surface area contributed by atoms with Gasteiger partial charge in [0, 0.05) is 0 Å². The molecule has 0 bridgehead atoms. The zero-order valence-corrected chi connectivity index (χ0v) is 14.1. The monoisotopic (exact) mass is 350 g/mol. The van der Waals surface area contributed by atoms with E-state index in [-0.39, 0.29) is 0 Å². The third-order valence-corrected chi connectivity index (χ3v) is 4.80. The Hall–Kier alpha value is -2.81. The molecule has 3 heteroatoms. The molecule has 0 fully saturated rings. The minimum absolute atomic E-state index is 0.557. The van der Waals surface area contributed by atoms with Gasteiger partial charge in [-0.15, -0.1) is 0 Å². The quantitative estimate of drug-likeness (QED) is 0.477. The van der Waals surface area contributed by atoms with E-state index in [1.807, 2.05) is 30.3 Å². The Kier molecular flexibility index (Phi) is 4.15. The van der Waals surface area contributed by atoms with Crippen LogP contribution < -0.4 is 0 Å². The van der Waals surface area contributed by atoms with Crippen molar-refractivity contribution in [3.8, 4) is 0 Å². The van der Waals surface area contributed by atoms with Gasteiger partial charge in [-0.3, -0.25) is 0 Å². The first kappa shape index (κ1) is 16.6. The summed E-state index contributed by atoms with van der Waals surface area (Å²) in [6.45, 7) is 0. The van der Waals surface area contributed by atoms with E-state index in [1.165, 1.54) is 23.3 Å². The second-order valence-electron chi connectivity index (χ2n) is 6.50. The smallest absolute Gasteiger partial charge is 0.166 e. The highest BCUT2D eigenvalue weighted by Crippen LogP contribution is 2.36. The summed E-state index contributed by atoms with van der Waals surface area (Å²) in [6.07, 6.45) is -0.619. The maximum Gasteiger partial charge on any atom is 0.416 e. The Bertz CT molecular complexity index is 931. The molecule has 0 spiro atoms. The molecular formula is C23H17F3. The number of aryl methyl sites for hydroxylation is 2. The molecule has 3 aromatic carbocycles. The molecule has 0 unspecified atom stereocenters.